The number of rotatable bonds is 4. The molecule has 0 amide bonds. The average molecular weight is 405 g/mol. The summed E-state index contributed by atoms with van der Waals surface area (Å²) in [6, 6.07) is 16.4. The van der Waals surface area contributed by atoms with Crippen LogP contribution in [0.2, 0.25) is 0 Å². The first-order valence-electron chi connectivity index (χ1n) is 8.96. The van der Waals surface area contributed by atoms with Gasteiger partial charge in [0, 0.05) is 11.5 Å². The van der Waals surface area contributed by atoms with Crippen molar-refractivity contribution < 1.29 is 4.74 Å². The van der Waals surface area contributed by atoms with E-state index in [9.17, 15) is 9.59 Å². The lowest BCUT2D eigenvalue weighted by atomic mass is 10.2. The van der Waals surface area contributed by atoms with Crippen LogP contribution in [0.25, 0.3) is 18.3 Å². The fourth-order valence-electron chi connectivity index (χ4n) is 3.08. The highest BCUT2D eigenvalue weighted by atomic mass is 35.5. The molecular weight excluding hydrogens is 388 g/mol. The lowest BCUT2D eigenvalue weighted by Gasteiger charge is -2.09. The number of para-hydroxylation sites is 1. The summed E-state index contributed by atoms with van der Waals surface area (Å²) in [5.74, 6) is 1.35. The molecule has 1 N–H and O–H groups in total. The van der Waals surface area contributed by atoms with Crippen LogP contribution in [-0.4, -0.2) is 9.55 Å². The van der Waals surface area contributed by atoms with Gasteiger partial charge in [-0.1, -0.05) is 42.5 Å². The summed E-state index contributed by atoms with van der Waals surface area (Å²) in [7, 11) is 0. The molecule has 0 unspecified atom stereocenters. The predicted molar refractivity (Wildman–Crippen MR) is 115 cm³/mol. The van der Waals surface area contributed by atoms with Crippen LogP contribution in [0.1, 0.15) is 6.42 Å². The monoisotopic (exact) mass is 404 g/mol. The van der Waals surface area contributed by atoms with Crippen LogP contribution in [-0.2, 0) is 0 Å². The van der Waals surface area contributed by atoms with Gasteiger partial charge < -0.3 is 9.72 Å². The summed E-state index contributed by atoms with van der Waals surface area (Å²) in [4.78, 5) is 28.0. The molecule has 2 aromatic carbocycles. The van der Waals surface area contributed by atoms with Crippen molar-refractivity contribution in [2.24, 2.45) is 0 Å². The van der Waals surface area contributed by atoms with E-state index in [2.05, 4.69) is 11.6 Å². The first kappa shape index (κ1) is 18.8. The van der Waals surface area contributed by atoms with E-state index in [0.717, 1.165) is 5.57 Å². The number of hydrogen-bond donors (Lipinski definition) is 1. The van der Waals surface area contributed by atoms with Crippen LogP contribution in [0.15, 0.2) is 86.9 Å². The standard InChI is InChI=1S/C23H17ClN2O3/c1-15-25-22(27)21(14-16-7-8-17(24)13-16)23(28)26(15)18-9-11-20(12-10-18)29-19-5-3-2-4-6-19/h2-12,14H,1,13H2,(H,25,27)/b21-14+. The molecule has 0 spiro atoms. The third kappa shape index (κ3) is 4.00. The molecule has 144 valence electrons. The van der Waals surface area contributed by atoms with Gasteiger partial charge in [0.15, 0.2) is 0 Å². The first-order chi connectivity index (χ1) is 14.0. The van der Waals surface area contributed by atoms with E-state index in [-0.39, 0.29) is 10.7 Å². The molecule has 1 heterocycles. The Morgan fingerprint density at radius 3 is 2.34 bits per heavy atom. The Kier molecular flexibility index (Phi) is 5.06. The SMILES string of the molecule is C=c1[nH]c(=O)/c(=C\C2=CC=C(Cl)C2)c(=O)n1-c1ccc(Oc2ccccc2)cc1. The van der Waals surface area contributed by atoms with Crippen molar-refractivity contribution in [2.45, 2.75) is 6.42 Å². The first-order valence-corrected chi connectivity index (χ1v) is 9.34. The van der Waals surface area contributed by atoms with Gasteiger partial charge in [-0.2, -0.15) is 0 Å². The quantitative estimate of drug-likeness (QED) is 0.727. The van der Waals surface area contributed by atoms with Crippen molar-refractivity contribution in [2.75, 3.05) is 0 Å². The molecule has 0 radical (unpaired) electrons. The van der Waals surface area contributed by atoms with Gasteiger partial charge >= 0.3 is 0 Å². The molecule has 3 aromatic rings. The third-order valence-electron chi connectivity index (χ3n) is 4.46. The Morgan fingerprint density at radius 1 is 1.00 bits per heavy atom. The van der Waals surface area contributed by atoms with Gasteiger partial charge in [-0.15, -0.1) is 0 Å². The lowest BCUT2D eigenvalue weighted by molar-refractivity contribution is 0.482. The number of halogens is 1. The molecule has 29 heavy (non-hydrogen) atoms. The molecule has 4 rings (SSSR count). The fraction of sp³-hybridized carbons (Fsp3) is 0.0435. The van der Waals surface area contributed by atoms with Crippen LogP contribution >= 0.6 is 11.6 Å². The lowest BCUT2D eigenvalue weighted by Crippen LogP contribution is -2.52. The van der Waals surface area contributed by atoms with Crippen LogP contribution < -0.4 is 26.6 Å². The van der Waals surface area contributed by atoms with Crippen LogP contribution in [0.5, 0.6) is 11.5 Å². The van der Waals surface area contributed by atoms with Gasteiger partial charge in [-0.3, -0.25) is 14.2 Å². The summed E-state index contributed by atoms with van der Waals surface area (Å²) in [5, 5.41) is 0.698. The summed E-state index contributed by atoms with van der Waals surface area (Å²) in [5.41, 5.74) is 0.643. The van der Waals surface area contributed by atoms with Crippen molar-refractivity contribution in [1.82, 2.24) is 9.55 Å². The highest BCUT2D eigenvalue weighted by molar-refractivity contribution is 6.30. The Bertz CT molecular complexity index is 1350. The van der Waals surface area contributed by atoms with E-state index < -0.39 is 11.1 Å². The number of aromatic nitrogens is 2. The molecule has 1 aliphatic rings. The summed E-state index contributed by atoms with van der Waals surface area (Å²) in [6.45, 7) is 3.81. The molecule has 0 atom stereocenters. The second kappa shape index (κ2) is 7.81. The van der Waals surface area contributed by atoms with Gasteiger partial charge in [0.1, 0.15) is 22.2 Å². The van der Waals surface area contributed by atoms with Crippen molar-refractivity contribution >= 4 is 24.3 Å². The molecular formula is C23H17ClN2O3. The van der Waals surface area contributed by atoms with Crippen LogP contribution in [0.3, 0.4) is 0 Å². The molecule has 0 aliphatic heterocycles. The summed E-state index contributed by atoms with van der Waals surface area (Å²) >= 11 is 5.98. The molecule has 0 saturated carbocycles. The van der Waals surface area contributed by atoms with Crippen molar-refractivity contribution in [1.29, 1.82) is 0 Å². The Hall–Kier alpha value is -3.57. The molecule has 6 heteroatoms. The third-order valence-corrected chi connectivity index (χ3v) is 4.72. The normalized spacial score (nSPS) is 13.9. The van der Waals surface area contributed by atoms with Crippen LogP contribution in [0, 0.1) is 0 Å². The number of nitrogens with one attached hydrogen (secondary N) is 1. The minimum Gasteiger partial charge on any atom is -0.457 e. The summed E-state index contributed by atoms with van der Waals surface area (Å²) in [6.07, 6.45) is 5.61. The van der Waals surface area contributed by atoms with Gasteiger partial charge in [0.2, 0.25) is 0 Å². The molecule has 0 fully saturated rings. The van der Waals surface area contributed by atoms with Gasteiger partial charge in [0.25, 0.3) is 11.1 Å². The maximum absolute atomic E-state index is 13.0. The van der Waals surface area contributed by atoms with Gasteiger partial charge in [-0.25, -0.2) is 0 Å². The minimum absolute atomic E-state index is 0.0352. The minimum atomic E-state index is -0.482. The number of allylic oxidation sites excluding steroid dienone is 4. The molecule has 0 bridgehead atoms. The smallest absolute Gasteiger partial charge is 0.269 e. The second-order valence-electron chi connectivity index (χ2n) is 6.54. The van der Waals surface area contributed by atoms with Gasteiger partial charge in [0.05, 0.1) is 5.69 Å². The fourth-order valence-corrected chi connectivity index (χ4v) is 3.29. The molecule has 1 aromatic heterocycles. The zero-order chi connectivity index (χ0) is 20.4. The highest BCUT2D eigenvalue weighted by Crippen LogP contribution is 2.23. The zero-order valence-corrected chi connectivity index (χ0v) is 16.1. The maximum Gasteiger partial charge on any atom is 0.269 e. The number of ether oxygens (including phenoxy) is 1. The number of hydrogen-bond acceptors (Lipinski definition) is 3. The van der Waals surface area contributed by atoms with E-state index in [1.54, 1.807) is 42.5 Å². The van der Waals surface area contributed by atoms with E-state index in [1.807, 2.05) is 30.3 Å². The van der Waals surface area contributed by atoms with E-state index in [0.29, 0.717) is 28.6 Å². The number of nitrogens with zero attached hydrogens (tertiary/aromatic N) is 1. The Labute approximate surface area is 171 Å². The van der Waals surface area contributed by atoms with E-state index in [4.69, 9.17) is 16.3 Å². The topological polar surface area (TPSA) is 64.1 Å². The zero-order valence-electron chi connectivity index (χ0n) is 15.4. The van der Waals surface area contributed by atoms with E-state index in [1.165, 1.54) is 4.57 Å². The maximum atomic E-state index is 13.0. The molecule has 0 saturated heterocycles. The van der Waals surface area contributed by atoms with Crippen molar-refractivity contribution in [3.8, 4) is 17.2 Å². The number of H-pyrrole nitrogens is 1. The highest BCUT2D eigenvalue weighted by Gasteiger charge is 2.09. The largest absolute Gasteiger partial charge is 0.457 e. The second-order valence-corrected chi connectivity index (χ2v) is 7.03. The predicted octanol–water partition coefficient (Wildman–Crippen LogP) is 2.96. The Balaban J connectivity index is 1.73. The Morgan fingerprint density at radius 2 is 1.69 bits per heavy atom. The average Bonchev–Trinajstić information content (AvgIpc) is 3.12. The summed E-state index contributed by atoms with van der Waals surface area (Å²) < 4.78 is 7.14. The molecule has 1 aliphatic carbocycles. The van der Waals surface area contributed by atoms with E-state index >= 15 is 0 Å². The number of aromatic amines is 1. The number of benzene rings is 2. The van der Waals surface area contributed by atoms with Gasteiger partial charge in [-0.05, 0) is 54.1 Å². The van der Waals surface area contributed by atoms with Crippen LogP contribution in [0.4, 0.5) is 0 Å². The van der Waals surface area contributed by atoms with Crippen molar-refractivity contribution in [3.63, 3.8) is 0 Å². The van der Waals surface area contributed by atoms with Crippen molar-refractivity contribution in [3.05, 3.63) is 109 Å². The molecule has 5 nitrogen and oxygen atoms in total.